The van der Waals surface area contributed by atoms with Crippen molar-refractivity contribution in [3.05, 3.63) is 37.0 Å². The Morgan fingerprint density at radius 2 is 1.55 bits per heavy atom. The normalized spacial score (nSPS) is 14.1. The molecule has 1 aliphatic heterocycles. The first kappa shape index (κ1) is 56.7. The second-order valence-electron chi connectivity index (χ2n) is 11.1. The molecule has 4 N–H and O–H groups in total. The summed E-state index contributed by atoms with van der Waals surface area (Å²) in [6.07, 6.45) is 15.4. The third kappa shape index (κ3) is 36.0. The molecule has 1 aliphatic rings. The molecule has 3 amide bonds. The van der Waals surface area contributed by atoms with Gasteiger partial charge in [-0.15, -0.1) is 0 Å². The van der Waals surface area contributed by atoms with Crippen molar-refractivity contribution in [1.29, 1.82) is 0 Å². The number of likely N-dealkylation sites (N-methyl/N-ethyl adjacent to an activating group) is 2. The number of nitrogens with one attached hydrogen (secondary N) is 4. The van der Waals surface area contributed by atoms with Gasteiger partial charge in [-0.05, 0) is 58.7 Å². The standard InChI is InChI=1S/C22H34N4O4.C6H13NO.C4H8O2.C3H8.2C2H6/c1-4-6-7-8-9-10-14-23-19(27)16-24-22(30)20(28)17(12-5-2)25-21(29)18-13-11-15-26(18)3;1-5(2)6(4-8)7-3;1-2-3-6-4-5;1-3-2;2*1-2/h4,6-9,17-18H,1,5,10-16H2,2-3H3,(H,23,27)(H,24,30)(H,25,29);4-7H,1-3H3;4H,2-3H2,1H3;3H2,1-2H3;2*1-2H3/b7-6-,9-8-;;;;;. The molecule has 0 aromatic heterocycles. The second kappa shape index (κ2) is 44.4. The number of hydrogen-bond acceptors (Lipinski definition) is 9. The summed E-state index contributed by atoms with van der Waals surface area (Å²) in [7, 11) is 3.66. The van der Waals surface area contributed by atoms with E-state index in [9.17, 15) is 28.8 Å². The Morgan fingerprint density at radius 3 is 1.94 bits per heavy atom. The van der Waals surface area contributed by atoms with Crippen LogP contribution in [-0.2, 0) is 33.5 Å². The van der Waals surface area contributed by atoms with Gasteiger partial charge in [-0.25, -0.2) is 0 Å². The highest BCUT2D eigenvalue weighted by Crippen LogP contribution is 2.15. The summed E-state index contributed by atoms with van der Waals surface area (Å²) >= 11 is 0. The number of ether oxygens (including phenoxy) is 1. The van der Waals surface area contributed by atoms with Gasteiger partial charge in [-0.3, -0.25) is 28.9 Å². The molecule has 1 fully saturated rings. The van der Waals surface area contributed by atoms with Gasteiger partial charge in [0.05, 0.1) is 31.3 Å². The number of carbonyl (C=O) groups is 6. The van der Waals surface area contributed by atoms with Crippen LogP contribution in [0.4, 0.5) is 0 Å². The van der Waals surface area contributed by atoms with Gasteiger partial charge in [-0.1, -0.05) is 119 Å². The molecule has 12 heteroatoms. The number of allylic oxidation sites excluding steroid dienone is 4. The van der Waals surface area contributed by atoms with E-state index in [0.29, 0.717) is 44.8 Å². The molecule has 298 valence electrons. The lowest BCUT2D eigenvalue weighted by Crippen LogP contribution is -2.52. The van der Waals surface area contributed by atoms with E-state index in [1.807, 2.05) is 85.6 Å². The van der Waals surface area contributed by atoms with Crippen molar-refractivity contribution in [1.82, 2.24) is 26.2 Å². The highest BCUT2D eigenvalue weighted by atomic mass is 16.5. The van der Waals surface area contributed by atoms with Crippen LogP contribution in [0.2, 0.25) is 0 Å². The molecule has 0 aromatic carbocycles. The summed E-state index contributed by atoms with van der Waals surface area (Å²) in [5.74, 6) is -1.80. The van der Waals surface area contributed by atoms with Crippen LogP contribution < -0.4 is 21.3 Å². The van der Waals surface area contributed by atoms with Crippen molar-refractivity contribution in [2.75, 3.05) is 40.3 Å². The van der Waals surface area contributed by atoms with Crippen LogP contribution in [0.5, 0.6) is 0 Å². The quantitative estimate of drug-likeness (QED) is 0.0597. The van der Waals surface area contributed by atoms with Gasteiger partial charge in [-0.2, -0.15) is 0 Å². The minimum Gasteiger partial charge on any atom is -0.468 e. The van der Waals surface area contributed by atoms with Gasteiger partial charge >= 0.3 is 0 Å². The summed E-state index contributed by atoms with van der Waals surface area (Å²) in [4.78, 5) is 70.3. The fourth-order valence-electron chi connectivity index (χ4n) is 3.87. The minimum atomic E-state index is -0.881. The van der Waals surface area contributed by atoms with E-state index in [1.54, 1.807) is 19.2 Å². The zero-order valence-corrected chi connectivity index (χ0v) is 34.1. The first-order valence-corrected chi connectivity index (χ1v) is 18.7. The summed E-state index contributed by atoms with van der Waals surface area (Å²) in [5.41, 5.74) is 0. The monoisotopic (exact) mass is 726 g/mol. The molecule has 0 radical (unpaired) electrons. The predicted molar refractivity (Wildman–Crippen MR) is 211 cm³/mol. The lowest BCUT2D eigenvalue weighted by Gasteiger charge is -2.22. The van der Waals surface area contributed by atoms with Gasteiger partial charge in [0.2, 0.25) is 17.6 Å². The van der Waals surface area contributed by atoms with E-state index in [2.05, 4.69) is 46.4 Å². The van der Waals surface area contributed by atoms with E-state index >= 15 is 0 Å². The number of rotatable bonds is 19. The Morgan fingerprint density at radius 1 is 0.941 bits per heavy atom. The third-order valence-electron chi connectivity index (χ3n) is 6.38. The summed E-state index contributed by atoms with van der Waals surface area (Å²) in [5, 5.41) is 10.6. The number of carbonyl (C=O) groups excluding carboxylic acids is 6. The van der Waals surface area contributed by atoms with Crippen molar-refractivity contribution in [3.8, 4) is 0 Å². The SMILES string of the molecule is C=C/C=C\C=C/CCNC(=O)CNC(=O)C(=O)C(CCC)NC(=O)C1CCCN1C.CC.CC.CCC.CCCOC=O.CNC(C=O)C(C)C. The molecule has 51 heavy (non-hydrogen) atoms. The topological polar surface area (TPSA) is 163 Å². The molecule has 1 saturated heterocycles. The van der Waals surface area contributed by atoms with Crippen molar-refractivity contribution >= 4 is 36.3 Å². The molecule has 0 aliphatic carbocycles. The van der Waals surface area contributed by atoms with Gasteiger partial charge < -0.3 is 30.8 Å². The lowest BCUT2D eigenvalue weighted by atomic mass is 10.1. The number of likely N-dealkylation sites (tertiary alicyclic amines) is 1. The van der Waals surface area contributed by atoms with Gasteiger partial charge in [0.1, 0.15) is 6.29 Å². The van der Waals surface area contributed by atoms with Gasteiger partial charge in [0.25, 0.3) is 12.4 Å². The molecule has 0 aromatic rings. The predicted octanol–water partition coefficient (Wildman–Crippen LogP) is 5.32. The molecule has 1 heterocycles. The highest BCUT2D eigenvalue weighted by molar-refractivity contribution is 6.38. The van der Waals surface area contributed by atoms with E-state index in [0.717, 1.165) is 32.1 Å². The molecule has 3 unspecified atom stereocenters. The maximum atomic E-state index is 12.5. The molecule has 0 saturated carbocycles. The number of amides is 3. The maximum Gasteiger partial charge on any atom is 0.293 e. The maximum absolute atomic E-state index is 12.5. The van der Waals surface area contributed by atoms with Crippen LogP contribution in [-0.4, -0.2) is 99.6 Å². The minimum absolute atomic E-state index is 0.0231. The van der Waals surface area contributed by atoms with Gasteiger partial charge in [0.15, 0.2) is 0 Å². The van der Waals surface area contributed by atoms with Crippen molar-refractivity contribution in [3.63, 3.8) is 0 Å². The molecular weight excluding hydrogens is 650 g/mol. The Hall–Kier alpha value is -3.64. The van der Waals surface area contributed by atoms with Crippen LogP contribution in [0.3, 0.4) is 0 Å². The van der Waals surface area contributed by atoms with Crippen LogP contribution in [0.25, 0.3) is 0 Å². The lowest BCUT2D eigenvalue weighted by molar-refractivity contribution is -0.141. The van der Waals surface area contributed by atoms with Crippen molar-refractivity contribution in [2.24, 2.45) is 5.92 Å². The number of nitrogens with zero attached hydrogens (tertiary/aromatic N) is 1. The zero-order valence-electron chi connectivity index (χ0n) is 34.1. The molecular formula is C39H75N5O7. The number of Topliss-reactive ketones (excluding diaryl/α,β-unsaturated/α-hetero) is 1. The average Bonchev–Trinajstić information content (AvgIpc) is 3.57. The molecule has 12 nitrogen and oxygen atoms in total. The Balaban J connectivity index is -0.000000274. The number of aldehydes is 1. The van der Waals surface area contributed by atoms with Crippen LogP contribution in [0.1, 0.15) is 114 Å². The largest absolute Gasteiger partial charge is 0.468 e. The second-order valence-corrected chi connectivity index (χ2v) is 11.1. The molecule has 0 spiro atoms. The van der Waals surface area contributed by atoms with Crippen LogP contribution in [0, 0.1) is 5.92 Å². The van der Waals surface area contributed by atoms with E-state index in [4.69, 9.17) is 0 Å². The third-order valence-corrected chi connectivity index (χ3v) is 6.38. The fraction of sp³-hybridized carbons (Fsp3) is 0.692. The first-order valence-electron chi connectivity index (χ1n) is 18.7. The molecule has 3 atom stereocenters. The van der Waals surface area contributed by atoms with Crippen molar-refractivity contribution in [2.45, 2.75) is 132 Å². The number of hydrogen-bond donors (Lipinski definition) is 4. The summed E-state index contributed by atoms with van der Waals surface area (Å²) < 4.78 is 4.30. The molecule has 1 rings (SSSR count). The Bertz CT molecular complexity index is 939. The van der Waals surface area contributed by atoms with Crippen LogP contribution >= 0.6 is 0 Å². The average molecular weight is 726 g/mol. The smallest absolute Gasteiger partial charge is 0.293 e. The van der Waals surface area contributed by atoms with Crippen molar-refractivity contribution < 1.29 is 33.5 Å². The van der Waals surface area contributed by atoms with E-state index < -0.39 is 17.7 Å². The van der Waals surface area contributed by atoms with E-state index in [1.165, 1.54) is 6.42 Å². The fourth-order valence-corrected chi connectivity index (χ4v) is 3.87. The number of ketones is 1. The van der Waals surface area contributed by atoms with Crippen LogP contribution in [0.15, 0.2) is 37.0 Å². The van der Waals surface area contributed by atoms with E-state index in [-0.39, 0.29) is 30.4 Å². The first-order chi connectivity index (χ1) is 24.4. The molecule has 0 bridgehead atoms. The highest BCUT2D eigenvalue weighted by Gasteiger charge is 2.32. The Labute approximate surface area is 311 Å². The Kier molecular flexibility index (Phi) is 49.4. The summed E-state index contributed by atoms with van der Waals surface area (Å²) in [6.45, 7) is 25.6. The van der Waals surface area contributed by atoms with Gasteiger partial charge in [0, 0.05) is 6.54 Å². The zero-order chi connectivity index (χ0) is 40.5. The summed E-state index contributed by atoms with van der Waals surface area (Å²) in [6, 6.07) is -1.13.